The molecule has 1 aliphatic rings. The van der Waals surface area contributed by atoms with Crippen LogP contribution in [0.5, 0.6) is 0 Å². The van der Waals surface area contributed by atoms with E-state index >= 15 is 0 Å². The quantitative estimate of drug-likeness (QED) is 0.470. The molecule has 2 aromatic rings. The molecule has 132 valence electrons. The SMILES string of the molecule is O=P(O)(O)O[C@H]1[C@H](O)[C@@H](CO)OC(n2ccc3ccccc32)[C@@H]1O. The third-order valence-corrected chi connectivity index (χ3v) is 4.52. The van der Waals surface area contributed by atoms with Crippen molar-refractivity contribution in [1.82, 2.24) is 4.57 Å². The van der Waals surface area contributed by atoms with Gasteiger partial charge in [-0.1, -0.05) is 18.2 Å². The Kier molecular flexibility index (Phi) is 4.78. The molecule has 0 spiro atoms. The van der Waals surface area contributed by atoms with Crippen LogP contribution in [0.15, 0.2) is 36.5 Å². The maximum absolute atomic E-state index is 11.1. The Bertz CT molecular complexity index is 758. The number of phosphoric ester groups is 1. The van der Waals surface area contributed by atoms with E-state index in [-0.39, 0.29) is 0 Å². The number of benzene rings is 1. The van der Waals surface area contributed by atoms with Crippen LogP contribution in [0.25, 0.3) is 10.9 Å². The van der Waals surface area contributed by atoms with Gasteiger partial charge in [0.2, 0.25) is 0 Å². The number of rotatable bonds is 4. The van der Waals surface area contributed by atoms with E-state index < -0.39 is 45.1 Å². The van der Waals surface area contributed by atoms with Crippen LogP contribution in [-0.2, 0) is 13.8 Å². The van der Waals surface area contributed by atoms with Gasteiger partial charge in [-0.3, -0.25) is 4.52 Å². The van der Waals surface area contributed by atoms with E-state index in [0.29, 0.717) is 5.52 Å². The monoisotopic (exact) mass is 359 g/mol. The number of hydrogen-bond acceptors (Lipinski definition) is 6. The molecule has 1 aliphatic heterocycles. The summed E-state index contributed by atoms with van der Waals surface area (Å²) in [7, 11) is -4.96. The number of para-hydroxylation sites is 1. The summed E-state index contributed by atoms with van der Waals surface area (Å²) in [5.74, 6) is 0. The van der Waals surface area contributed by atoms with E-state index in [4.69, 9.17) is 14.5 Å². The first-order valence-electron chi connectivity index (χ1n) is 7.24. The number of ether oxygens (including phenoxy) is 1. The molecule has 1 aromatic heterocycles. The van der Waals surface area contributed by atoms with Crippen LogP contribution in [0.4, 0.5) is 0 Å². The zero-order chi connectivity index (χ0) is 17.5. The molecule has 3 rings (SSSR count). The topological polar surface area (TPSA) is 142 Å². The molecule has 24 heavy (non-hydrogen) atoms. The summed E-state index contributed by atoms with van der Waals surface area (Å²) in [6.45, 7) is -0.607. The molecular formula is C14H18NO8P. The average Bonchev–Trinajstić information content (AvgIpc) is 2.95. The van der Waals surface area contributed by atoms with Gasteiger partial charge >= 0.3 is 7.82 Å². The van der Waals surface area contributed by atoms with Crippen LogP contribution < -0.4 is 0 Å². The van der Waals surface area contributed by atoms with Crippen LogP contribution in [0.1, 0.15) is 6.23 Å². The lowest BCUT2D eigenvalue weighted by molar-refractivity contribution is -0.246. The third-order valence-electron chi connectivity index (χ3n) is 4.00. The van der Waals surface area contributed by atoms with E-state index in [9.17, 15) is 19.9 Å². The Labute approximate surface area is 136 Å². The summed E-state index contributed by atoms with van der Waals surface area (Å²) in [6, 6.07) is 9.04. The van der Waals surface area contributed by atoms with Crippen LogP contribution >= 0.6 is 7.82 Å². The number of hydrogen-bond donors (Lipinski definition) is 5. The second kappa shape index (κ2) is 6.55. The minimum atomic E-state index is -4.96. The maximum atomic E-state index is 11.1. The van der Waals surface area contributed by atoms with Crippen molar-refractivity contribution in [3.8, 4) is 0 Å². The van der Waals surface area contributed by atoms with Crippen molar-refractivity contribution in [1.29, 1.82) is 0 Å². The van der Waals surface area contributed by atoms with Gasteiger partial charge in [-0.25, -0.2) is 4.57 Å². The van der Waals surface area contributed by atoms with Crippen molar-refractivity contribution in [3.05, 3.63) is 36.5 Å². The van der Waals surface area contributed by atoms with E-state index in [2.05, 4.69) is 4.52 Å². The lowest BCUT2D eigenvalue weighted by Crippen LogP contribution is -2.57. The first-order valence-corrected chi connectivity index (χ1v) is 8.77. The molecule has 0 aliphatic carbocycles. The van der Waals surface area contributed by atoms with Crippen LogP contribution in [-0.4, -0.2) is 60.7 Å². The maximum Gasteiger partial charge on any atom is 0.470 e. The van der Waals surface area contributed by atoms with Crippen molar-refractivity contribution in [3.63, 3.8) is 0 Å². The molecular weight excluding hydrogens is 341 g/mol. The minimum Gasteiger partial charge on any atom is -0.394 e. The molecule has 0 amide bonds. The van der Waals surface area contributed by atoms with Gasteiger partial charge in [-0.15, -0.1) is 0 Å². The highest BCUT2D eigenvalue weighted by molar-refractivity contribution is 7.46. The molecule has 1 aromatic carbocycles. The minimum absolute atomic E-state index is 0.607. The predicted octanol–water partition coefficient (Wildman–Crippen LogP) is -0.269. The summed E-state index contributed by atoms with van der Waals surface area (Å²) >= 11 is 0. The molecule has 2 heterocycles. The first kappa shape index (κ1) is 17.5. The van der Waals surface area contributed by atoms with Gasteiger partial charge in [0, 0.05) is 6.20 Å². The van der Waals surface area contributed by atoms with Crippen molar-refractivity contribution in [2.45, 2.75) is 30.6 Å². The molecule has 9 nitrogen and oxygen atoms in total. The summed E-state index contributed by atoms with van der Waals surface area (Å²) in [4.78, 5) is 18.0. The Morgan fingerprint density at radius 2 is 1.88 bits per heavy atom. The average molecular weight is 359 g/mol. The third kappa shape index (κ3) is 3.26. The lowest BCUT2D eigenvalue weighted by Gasteiger charge is -2.42. The number of aliphatic hydroxyl groups is 3. The zero-order valence-electron chi connectivity index (χ0n) is 12.4. The Balaban J connectivity index is 1.99. The lowest BCUT2D eigenvalue weighted by atomic mass is 9.98. The van der Waals surface area contributed by atoms with E-state index in [1.54, 1.807) is 29.0 Å². The number of nitrogens with zero attached hydrogens (tertiary/aromatic N) is 1. The summed E-state index contributed by atoms with van der Waals surface area (Å²) in [5.41, 5.74) is 0.713. The molecule has 5 atom stereocenters. The Hall–Kier alpha value is -1.29. The molecule has 0 radical (unpaired) electrons. The summed E-state index contributed by atoms with van der Waals surface area (Å²) in [5, 5.41) is 30.8. The van der Waals surface area contributed by atoms with Crippen LogP contribution in [0, 0.1) is 0 Å². The smallest absolute Gasteiger partial charge is 0.394 e. The number of fused-ring (bicyclic) bond motifs is 1. The Morgan fingerprint density at radius 1 is 1.17 bits per heavy atom. The van der Waals surface area contributed by atoms with E-state index in [1.165, 1.54) is 0 Å². The highest BCUT2D eigenvalue weighted by atomic mass is 31.2. The van der Waals surface area contributed by atoms with E-state index in [1.807, 2.05) is 12.1 Å². The predicted molar refractivity (Wildman–Crippen MR) is 81.9 cm³/mol. The zero-order valence-corrected chi connectivity index (χ0v) is 13.3. The number of aromatic nitrogens is 1. The highest BCUT2D eigenvalue weighted by Crippen LogP contribution is 2.43. The van der Waals surface area contributed by atoms with Crippen molar-refractivity contribution in [2.24, 2.45) is 0 Å². The molecule has 0 bridgehead atoms. The van der Waals surface area contributed by atoms with Crippen molar-refractivity contribution >= 4 is 18.7 Å². The van der Waals surface area contributed by atoms with Gasteiger partial charge in [0.25, 0.3) is 0 Å². The molecule has 1 saturated heterocycles. The van der Waals surface area contributed by atoms with Crippen molar-refractivity contribution in [2.75, 3.05) is 6.61 Å². The highest BCUT2D eigenvalue weighted by Gasteiger charge is 2.48. The van der Waals surface area contributed by atoms with Crippen LogP contribution in [0.3, 0.4) is 0 Å². The molecule has 1 fully saturated rings. The standard InChI is InChI=1S/C14H18NO8P/c16-7-10-11(17)13(23-24(19,20)21)12(18)14(22-10)15-6-5-8-3-1-2-4-9(8)15/h1-6,10-14,16-18H,7H2,(H2,19,20,21)/t10-,11-,12-,13+,14?/m1/s1. The fraction of sp³-hybridized carbons (Fsp3) is 0.429. The number of aliphatic hydroxyl groups excluding tert-OH is 3. The molecule has 5 N–H and O–H groups in total. The van der Waals surface area contributed by atoms with Crippen LogP contribution in [0.2, 0.25) is 0 Å². The van der Waals surface area contributed by atoms with Gasteiger partial charge in [0.15, 0.2) is 6.23 Å². The van der Waals surface area contributed by atoms with Gasteiger partial charge in [-0.2, -0.15) is 0 Å². The largest absolute Gasteiger partial charge is 0.470 e. The summed E-state index contributed by atoms with van der Waals surface area (Å²) < 4.78 is 22.8. The number of phosphoric acid groups is 1. The second-order valence-corrected chi connectivity index (χ2v) is 6.76. The normalized spacial score (nSPS) is 31.5. The van der Waals surface area contributed by atoms with E-state index in [0.717, 1.165) is 5.39 Å². The summed E-state index contributed by atoms with van der Waals surface area (Å²) in [6.07, 6.45) is -5.41. The van der Waals surface area contributed by atoms with Gasteiger partial charge < -0.3 is 34.4 Å². The molecule has 10 heteroatoms. The first-order chi connectivity index (χ1) is 11.3. The molecule has 0 saturated carbocycles. The fourth-order valence-corrected chi connectivity index (χ4v) is 3.47. The Morgan fingerprint density at radius 3 is 2.54 bits per heavy atom. The van der Waals surface area contributed by atoms with Gasteiger partial charge in [0.05, 0.1) is 12.1 Å². The van der Waals surface area contributed by atoms with Gasteiger partial charge in [-0.05, 0) is 17.5 Å². The second-order valence-electron chi connectivity index (χ2n) is 5.57. The fourth-order valence-electron chi connectivity index (χ4n) is 2.91. The van der Waals surface area contributed by atoms with Crippen molar-refractivity contribution < 1.29 is 38.9 Å². The van der Waals surface area contributed by atoms with Gasteiger partial charge in [0.1, 0.15) is 24.4 Å². The molecule has 1 unspecified atom stereocenters.